The van der Waals surface area contributed by atoms with Gasteiger partial charge in [0.15, 0.2) is 0 Å². The van der Waals surface area contributed by atoms with Crippen LogP contribution in [0.5, 0.6) is 11.5 Å². The molecule has 0 saturated heterocycles. The third-order valence-electron chi connectivity index (χ3n) is 4.52. The number of phenolic OH excluding ortho intramolecular Hbond substituents is 1. The molecule has 0 spiro atoms. The highest BCUT2D eigenvalue weighted by atomic mass is 31.2. The van der Waals surface area contributed by atoms with Crippen molar-refractivity contribution in [2.24, 2.45) is 0 Å². The Balaban J connectivity index is 2.44. The van der Waals surface area contributed by atoms with Gasteiger partial charge in [0.25, 0.3) is 0 Å². The zero-order valence-electron chi connectivity index (χ0n) is 18.6. The summed E-state index contributed by atoms with van der Waals surface area (Å²) >= 11 is 0. The second kappa shape index (κ2) is 8.37. The fraction of sp³-hybridized carbons (Fsp3) is 0.500. The summed E-state index contributed by atoms with van der Waals surface area (Å²) in [5.74, 6) is 0.647. The van der Waals surface area contributed by atoms with Gasteiger partial charge in [-0.1, -0.05) is 55.4 Å². The average Bonchev–Trinajstić information content (AvgIpc) is 2.60. The molecule has 0 aliphatic rings. The van der Waals surface area contributed by atoms with E-state index < -0.39 is 13.3 Å². The Morgan fingerprint density at radius 2 is 1.62 bits per heavy atom. The van der Waals surface area contributed by atoms with Crippen LogP contribution in [0, 0.1) is 0 Å². The molecular weight excluding hydrogens is 387 g/mol. The van der Waals surface area contributed by atoms with E-state index in [1.807, 2.05) is 41.5 Å². The maximum absolute atomic E-state index is 13.5. The van der Waals surface area contributed by atoms with Gasteiger partial charge in [-0.2, -0.15) is 4.62 Å². The minimum Gasteiger partial charge on any atom is -0.507 e. The van der Waals surface area contributed by atoms with Crippen LogP contribution in [0.1, 0.15) is 66.5 Å². The van der Waals surface area contributed by atoms with Crippen LogP contribution in [-0.4, -0.2) is 15.7 Å². The van der Waals surface area contributed by atoms with Gasteiger partial charge in [0.2, 0.25) is 0 Å². The van der Waals surface area contributed by atoms with E-state index in [-0.39, 0.29) is 16.6 Å². The fourth-order valence-electron chi connectivity index (χ4n) is 2.72. The lowest BCUT2D eigenvalue weighted by molar-refractivity contribution is 0.309. The number of aromatic nitrogens is 1. The van der Waals surface area contributed by atoms with Crippen molar-refractivity contribution in [2.45, 2.75) is 71.9 Å². The molecular formula is C22H33N2O4P. The Morgan fingerprint density at radius 3 is 2.03 bits per heavy atom. The quantitative estimate of drug-likeness (QED) is 0.415. The Kier molecular flexibility index (Phi) is 6.71. The van der Waals surface area contributed by atoms with Gasteiger partial charge < -0.3 is 9.63 Å². The summed E-state index contributed by atoms with van der Waals surface area (Å²) in [5, 5.41) is 10.9. The molecule has 1 unspecified atom stereocenters. The van der Waals surface area contributed by atoms with Crippen molar-refractivity contribution >= 4 is 13.3 Å². The minimum absolute atomic E-state index is 0.242. The fourth-order valence-corrected chi connectivity index (χ4v) is 3.81. The Bertz CT molecular complexity index is 849. The number of benzene rings is 1. The van der Waals surface area contributed by atoms with Crippen LogP contribution in [0.2, 0.25) is 0 Å². The number of rotatable bonds is 6. The van der Waals surface area contributed by atoms with Gasteiger partial charge >= 0.3 is 7.60 Å². The SMILES string of the molecule is CC(C)P(=O)(ONc1cccnc1)Oc1cc(C(C)(C)C)c(O)c(C(C)(C)C)c1. The average molecular weight is 420 g/mol. The molecule has 0 bridgehead atoms. The second-order valence-electron chi connectivity index (χ2n) is 9.53. The maximum atomic E-state index is 13.5. The number of hydrogen-bond acceptors (Lipinski definition) is 6. The van der Waals surface area contributed by atoms with Gasteiger partial charge in [-0.3, -0.25) is 10.5 Å². The Hall–Kier alpha value is -2.04. The summed E-state index contributed by atoms with van der Waals surface area (Å²) in [6.07, 6.45) is 3.21. The molecule has 1 aromatic carbocycles. The van der Waals surface area contributed by atoms with E-state index in [4.69, 9.17) is 9.15 Å². The standard InChI is InChI=1S/C22H33N2O4P/c1-15(2)29(26,28-24-16-10-9-11-23-14-16)27-17-12-18(21(3,4)5)20(25)19(13-17)22(6,7)8/h9-15,24-25H,1-8H3. The first-order valence-corrected chi connectivity index (χ1v) is 11.4. The summed E-state index contributed by atoms with van der Waals surface area (Å²) in [4.78, 5) is 4.00. The highest BCUT2D eigenvalue weighted by Crippen LogP contribution is 2.54. The zero-order chi connectivity index (χ0) is 22.0. The molecule has 2 rings (SSSR count). The molecule has 0 fully saturated rings. The second-order valence-corrected chi connectivity index (χ2v) is 12.0. The predicted octanol–water partition coefficient (Wildman–Crippen LogP) is 6.41. The number of aromatic hydroxyl groups is 1. The first kappa shape index (κ1) is 23.2. The van der Waals surface area contributed by atoms with Crippen LogP contribution in [0.15, 0.2) is 36.7 Å². The number of hydrogen-bond donors (Lipinski definition) is 2. The van der Waals surface area contributed by atoms with Crippen LogP contribution in [-0.2, 0) is 20.0 Å². The monoisotopic (exact) mass is 420 g/mol. The van der Waals surface area contributed by atoms with Crippen LogP contribution >= 0.6 is 7.60 Å². The normalized spacial score (nSPS) is 14.5. The van der Waals surface area contributed by atoms with Crippen LogP contribution in [0.4, 0.5) is 5.69 Å². The topological polar surface area (TPSA) is 80.7 Å². The summed E-state index contributed by atoms with van der Waals surface area (Å²) in [6.45, 7) is 15.6. The van der Waals surface area contributed by atoms with Crippen LogP contribution in [0.25, 0.3) is 0 Å². The molecule has 2 aromatic rings. The lowest BCUT2D eigenvalue weighted by Crippen LogP contribution is -2.18. The van der Waals surface area contributed by atoms with Crippen molar-refractivity contribution in [3.8, 4) is 11.5 Å². The van der Waals surface area contributed by atoms with Crippen molar-refractivity contribution in [1.82, 2.24) is 4.98 Å². The van der Waals surface area contributed by atoms with Crippen molar-refractivity contribution in [3.63, 3.8) is 0 Å². The van der Waals surface area contributed by atoms with Crippen LogP contribution in [0.3, 0.4) is 0 Å². The lowest BCUT2D eigenvalue weighted by atomic mass is 9.79. The largest absolute Gasteiger partial charge is 0.507 e. The molecule has 0 radical (unpaired) electrons. The minimum atomic E-state index is -3.56. The number of nitrogens with one attached hydrogen (secondary N) is 1. The number of pyridine rings is 1. The van der Waals surface area contributed by atoms with Gasteiger partial charge in [-0.25, -0.2) is 4.57 Å². The van der Waals surface area contributed by atoms with Crippen molar-refractivity contribution < 1.29 is 18.8 Å². The van der Waals surface area contributed by atoms with Crippen molar-refractivity contribution in [2.75, 3.05) is 5.48 Å². The van der Waals surface area contributed by atoms with Crippen LogP contribution < -0.4 is 10.0 Å². The predicted molar refractivity (Wildman–Crippen MR) is 118 cm³/mol. The number of anilines is 1. The molecule has 0 saturated carbocycles. The van der Waals surface area contributed by atoms with E-state index in [9.17, 15) is 9.67 Å². The maximum Gasteiger partial charge on any atom is 0.402 e. The molecule has 7 heteroatoms. The summed E-state index contributed by atoms with van der Waals surface area (Å²) in [7, 11) is -3.56. The number of nitrogens with zero attached hydrogens (tertiary/aromatic N) is 1. The summed E-state index contributed by atoms with van der Waals surface area (Å²) in [6, 6.07) is 6.99. The smallest absolute Gasteiger partial charge is 0.402 e. The molecule has 6 nitrogen and oxygen atoms in total. The zero-order valence-corrected chi connectivity index (χ0v) is 19.5. The molecule has 0 aliphatic carbocycles. The molecule has 0 aliphatic heterocycles. The van der Waals surface area contributed by atoms with Gasteiger partial charge in [0, 0.05) is 17.3 Å². The van der Waals surface area contributed by atoms with Gasteiger partial charge in [0.05, 0.1) is 17.5 Å². The first-order valence-electron chi connectivity index (χ1n) is 9.76. The van der Waals surface area contributed by atoms with E-state index in [0.29, 0.717) is 11.4 Å². The third-order valence-corrected chi connectivity index (χ3v) is 6.59. The molecule has 1 heterocycles. The van der Waals surface area contributed by atoms with E-state index >= 15 is 0 Å². The molecule has 29 heavy (non-hydrogen) atoms. The lowest BCUT2D eigenvalue weighted by Gasteiger charge is -2.29. The van der Waals surface area contributed by atoms with Gasteiger partial charge in [-0.15, -0.1) is 0 Å². The van der Waals surface area contributed by atoms with Crippen molar-refractivity contribution in [3.05, 3.63) is 47.8 Å². The molecule has 1 atom stereocenters. The van der Waals surface area contributed by atoms with Gasteiger partial charge in [-0.05, 0) is 35.1 Å². The highest BCUT2D eigenvalue weighted by Gasteiger charge is 2.34. The molecule has 0 amide bonds. The Morgan fingerprint density at radius 1 is 1.07 bits per heavy atom. The van der Waals surface area contributed by atoms with E-state index in [0.717, 1.165) is 11.1 Å². The third kappa shape index (κ3) is 5.74. The first-order chi connectivity index (χ1) is 13.2. The molecule has 1 aromatic heterocycles. The van der Waals surface area contributed by atoms with Crippen molar-refractivity contribution in [1.29, 1.82) is 0 Å². The van der Waals surface area contributed by atoms with E-state index in [1.54, 1.807) is 50.5 Å². The summed E-state index contributed by atoms with van der Waals surface area (Å²) in [5.41, 5.74) is 3.70. The number of phenols is 1. The molecule has 160 valence electrons. The Labute approximate surface area is 174 Å². The van der Waals surface area contributed by atoms with Gasteiger partial charge in [0.1, 0.15) is 11.5 Å². The van der Waals surface area contributed by atoms with E-state index in [2.05, 4.69) is 10.5 Å². The summed E-state index contributed by atoms with van der Waals surface area (Å²) < 4.78 is 25.0. The highest BCUT2D eigenvalue weighted by molar-refractivity contribution is 7.55. The van der Waals surface area contributed by atoms with E-state index in [1.165, 1.54) is 0 Å². The molecule has 2 N–H and O–H groups in total.